The van der Waals surface area contributed by atoms with Gasteiger partial charge in [0.25, 0.3) is 0 Å². The first-order valence-corrected chi connectivity index (χ1v) is 12.0. The molecule has 0 spiro atoms. The highest BCUT2D eigenvalue weighted by molar-refractivity contribution is 5.75. The molecule has 2 aromatic carbocycles. The van der Waals surface area contributed by atoms with Crippen LogP contribution < -0.4 is 10.1 Å². The van der Waals surface area contributed by atoms with E-state index in [1.165, 1.54) is 44.1 Å². The fourth-order valence-electron chi connectivity index (χ4n) is 4.58. The van der Waals surface area contributed by atoms with Gasteiger partial charge in [0.2, 0.25) is 0 Å². The van der Waals surface area contributed by atoms with E-state index in [1.54, 1.807) is 7.11 Å². The highest BCUT2D eigenvalue weighted by atomic mass is 16.5. The average molecular weight is 423 g/mol. The van der Waals surface area contributed by atoms with Crippen molar-refractivity contribution in [2.45, 2.75) is 82.8 Å². The van der Waals surface area contributed by atoms with Crippen LogP contribution in [-0.4, -0.2) is 30.1 Å². The Labute approximate surface area is 188 Å². The minimum atomic E-state index is 0.134. The summed E-state index contributed by atoms with van der Waals surface area (Å²) in [5.74, 6) is 0.861. The number of hydrogen-bond acceptors (Lipinski definition) is 2. The van der Waals surface area contributed by atoms with Gasteiger partial charge in [0.15, 0.2) is 0 Å². The Morgan fingerprint density at radius 3 is 1.87 bits per heavy atom. The largest absolute Gasteiger partial charge is 0.497 e. The lowest BCUT2D eigenvalue weighted by Gasteiger charge is -2.36. The van der Waals surface area contributed by atoms with Crippen LogP contribution in [0.25, 0.3) is 0 Å². The van der Waals surface area contributed by atoms with Gasteiger partial charge in [-0.1, -0.05) is 87.1 Å². The minimum Gasteiger partial charge on any atom is -0.497 e. The number of amides is 2. The molecule has 4 rings (SSSR count). The lowest BCUT2D eigenvalue weighted by Crippen LogP contribution is -2.49. The molecule has 0 bridgehead atoms. The quantitative estimate of drug-likeness (QED) is 0.593. The van der Waals surface area contributed by atoms with Crippen LogP contribution in [0, 0.1) is 0 Å². The third-order valence-electron chi connectivity index (χ3n) is 6.39. The molecule has 31 heavy (non-hydrogen) atoms. The number of nitrogens with one attached hydrogen (secondary N) is 1. The first-order chi connectivity index (χ1) is 15.3. The predicted molar refractivity (Wildman–Crippen MR) is 127 cm³/mol. The van der Waals surface area contributed by atoms with E-state index in [-0.39, 0.29) is 6.03 Å². The Bertz CT molecular complexity index is 709. The number of ether oxygens (including phenoxy) is 1. The van der Waals surface area contributed by atoms with Crippen molar-refractivity contribution in [2.75, 3.05) is 7.11 Å². The summed E-state index contributed by atoms with van der Waals surface area (Å²) in [5.41, 5.74) is 1.17. The predicted octanol–water partition coefficient (Wildman–Crippen LogP) is 6.56. The molecule has 2 saturated carbocycles. The van der Waals surface area contributed by atoms with Crippen LogP contribution in [0.5, 0.6) is 5.75 Å². The number of hydrogen-bond donors (Lipinski definition) is 1. The summed E-state index contributed by atoms with van der Waals surface area (Å²) in [7, 11) is 1.68. The third kappa shape index (κ3) is 7.93. The van der Waals surface area contributed by atoms with Gasteiger partial charge >= 0.3 is 6.03 Å². The second-order valence-electron chi connectivity index (χ2n) is 8.71. The van der Waals surface area contributed by atoms with Crippen LogP contribution in [0.3, 0.4) is 0 Å². The van der Waals surface area contributed by atoms with Crippen molar-refractivity contribution < 1.29 is 9.53 Å². The zero-order valence-electron chi connectivity index (χ0n) is 19.0. The van der Waals surface area contributed by atoms with E-state index in [0.717, 1.165) is 31.4 Å². The Morgan fingerprint density at radius 2 is 1.35 bits per heavy atom. The third-order valence-corrected chi connectivity index (χ3v) is 6.39. The first kappa shape index (κ1) is 23.2. The van der Waals surface area contributed by atoms with Crippen LogP contribution in [0.2, 0.25) is 0 Å². The van der Waals surface area contributed by atoms with Gasteiger partial charge in [0.05, 0.1) is 7.11 Å². The van der Waals surface area contributed by atoms with Gasteiger partial charge in [-0.05, 0) is 43.4 Å². The number of carbonyl (C=O) groups is 1. The zero-order valence-corrected chi connectivity index (χ0v) is 19.0. The van der Waals surface area contributed by atoms with Crippen LogP contribution in [0.4, 0.5) is 4.79 Å². The molecule has 2 amide bonds. The molecule has 1 N–H and O–H groups in total. The monoisotopic (exact) mass is 422 g/mol. The van der Waals surface area contributed by atoms with E-state index < -0.39 is 0 Å². The van der Waals surface area contributed by atoms with E-state index in [1.807, 2.05) is 48.5 Å². The van der Waals surface area contributed by atoms with Gasteiger partial charge < -0.3 is 15.0 Å². The summed E-state index contributed by atoms with van der Waals surface area (Å²) < 4.78 is 5.25. The lowest BCUT2D eigenvalue weighted by atomic mass is 9.93. The van der Waals surface area contributed by atoms with E-state index >= 15 is 0 Å². The molecule has 2 aliphatic rings. The standard InChI is InChI=1S/C21H32N2O2.C6H6/c1-25-20-14-12-17(13-15-20)16-23(19-10-6-3-7-11-19)21(24)22-18-8-4-2-5-9-18;1-2-4-6-5-3-1/h12-15,18-19H,2-11,16H2,1H3,(H,22,24);1-6H. The van der Waals surface area contributed by atoms with Gasteiger partial charge in [0.1, 0.15) is 5.75 Å². The second kappa shape index (κ2) is 13.0. The van der Waals surface area contributed by atoms with Gasteiger partial charge in [-0.15, -0.1) is 0 Å². The van der Waals surface area contributed by atoms with Crippen LogP contribution in [-0.2, 0) is 6.54 Å². The molecular weight excluding hydrogens is 384 g/mol. The summed E-state index contributed by atoms with van der Waals surface area (Å²) in [5, 5.41) is 3.32. The van der Waals surface area contributed by atoms with Gasteiger partial charge in [0, 0.05) is 18.6 Å². The van der Waals surface area contributed by atoms with E-state index in [0.29, 0.717) is 18.6 Å². The number of benzene rings is 2. The molecule has 168 valence electrons. The maximum Gasteiger partial charge on any atom is 0.318 e. The van der Waals surface area contributed by atoms with Crippen molar-refractivity contribution in [3.63, 3.8) is 0 Å². The summed E-state index contributed by atoms with van der Waals surface area (Å²) in [6, 6.07) is 21.0. The summed E-state index contributed by atoms with van der Waals surface area (Å²) >= 11 is 0. The molecule has 2 aliphatic carbocycles. The average Bonchev–Trinajstić information content (AvgIpc) is 2.85. The molecule has 4 heteroatoms. The normalized spacial score (nSPS) is 17.2. The highest BCUT2D eigenvalue weighted by Crippen LogP contribution is 2.25. The van der Waals surface area contributed by atoms with Gasteiger partial charge in [-0.3, -0.25) is 0 Å². The topological polar surface area (TPSA) is 41.6 Å². The first-order valence-electron chi connectivity index (χ1n) is 12.0. The Kier molecular flexibility index (Phi) is 9.75. The fraction of sp³-hybridized carbons (Fsp3) is 0.519. The molecule has 0 aromatic heterocycles. The van der Waals surface area contributed by atoms with Crippen LogP contribution in [0.1, 0.15) is 69.8 Å². The van der Waals surface area contributed by atoms with Crippen molar-refractivity contribution in [3.8, 4) is 5.75 Å². The second-order valence-corrected chi connectivity index (χ2v) is 8.71. The molecule has 2 fully saturated rings. The van der Waals surface area contributed by atoms with Gasteiger partial charge in [-0.2, -0.15) is 0 Å². The number of rotatable bonds is 5. The molecule has 2 aromatic rings. The van der Waals surface area contributed by atoms with Crippen molar-refractivity contribution >= 4 is 6.03 Å². The number of urea groups is 1. The molecule has 0 saturated heterocycles. The van der Waals surface area contributed by atoms with Crippen molar-refractivity contribution in [1.29, 1.82) is 0 Å². The minimum absolute atomic E-state index is 0.134. The SMILES string of the molecule is COc1ccc(CN(C(=O)NC2CCCCC2)C2CCCCC2)cc1.c1ccccc1. The zero-order chi connectivity index (χ0) is 21.7. The van der Waals surface area contributed by atoms with Crippen molar-refractivity contribution in [2.24, 2.45) is 0 Å². The maximum atomic E-state index is 13.0. The van der Waals surface area contributed by atoms with Crippen LogP contribution >= 0.6 is 0 Å². The van der Waals surface area contributed by atoms with Crippen molar-refractivity contribution in [3.05, 3.63) is 66.2 Å². The summed E-state index contributed by atoms with van der Waals surface area (Å²) in [6.45, 7) is 0.688. The van der Waals surface area contributed by atoms with Crippen LogP contribution in [0.15, 0.2) is 60.7 Å². The molecular formula is C27H38N2O2. The van der Waals surface area contributed by atoms with E-state index in [9.17, 15) is 4.79 Å². The number of methoxy groups -OCH3 is 1. The molecule has 0 atom stereocenters. The summed E-state index contributed by atoms with van der Waals surface area (Å²) in [6.07, 6.45) is 12.1. The Morgan fingerprint density at radius 1 is 0.839 bits per heavy atom. The fourth-order valence-corrected chi connectivity index (χ4v) is 4.58. The molecule has 0 heterocycles. The van der Waals surface area contributed by atoms with E-state index in [4.69, 9.17) is 4.74 Å². The van der Waals surface area contributed by atoms with E-state index in [2.05, 4.69) is 22.3 Å². The number of carbonyl (C=O) groups excluding carboxylic acids is 1. The Hall–Kier alpha value is -2.49. The number of nitrogens with zero attached hydrogens (tertiary/aromatic N) is 1. The smallest absolute Gasteiger partial charge is 0.318 e. The molecule has 0 unspecified atom stereocenters. The summed E-state index contributed by atoms with van der Waals surface area (Å²) in [4.78, 5) is 15.1. The molecule has 0 aliphatic heterocycles. The molecule has 4 nitrogen and oxygen atoms in total. The molecule has 0 radical (unpaired) electrons. The highest BCUT2D eigenvalue weighted by Gasteiger charge is 2.27. The lowest BCUT2D eigenvalue weighted by molar-refractivity contribution is 0.145. The Balaban J connectivity index is 0.000000391. The maximum absolute atomic E-state index is 13.0. The van der Waals surface area contributed by atoms with Gasteiger partial charge in [-0.25, -0.2) is 4.79 Å². The van der Waals surface area contributed by atoms with Crippen molar-refractivity contribution in [1.82, 2.24) is 10.2 Å².